The molecule has 0 bridgehead atoms. The summed E-state index contributed by atoms with van der Waals surface area (Å²) in [6.07, 6.45) is 3.50. The van der Waals surface area contributed by atoms with Crippen molar-refractivity contribution >= 4 is 23.1 Å². The van der Waals surface area contributed by atoms with Crippen molar-refractivity contribution in [3.8, 4) is 0 Å². The number of hydrogen-bond acceptors (Lipinski definition) is 7. The van der Waals surface area contributed by atoms with Crippen LogP contribution < -0.4 is 4.90 Å². The molecule has 2 heterocycles. The quantitative estimate of drug-likeness (QED) is 0.351. The number of carbonyl (C=O) groups is 2. The predicted molar refractivity (Wildman–Crippen MR) is 102 cm³/mol. The van der Waals surface area contributed by atoms with Crippen LogP contribution in [0.4, 0.5) is 11.4 Å². The number of esters is 1. The van der Waals surface area contributed by atoms with Crippen LogP contribution in [0.3, 0.4) is 0 Å². The molecule has 6 atom stereocenters. The van der Waals surface area contributed by atoms with Crippen molar-refractivity contribution in [2.75, 3.05) is 11.4 Å². The van der Waals surface area contributed by atoms with E-state index < -0.39 is 33.6 Å². The standard InChI is InChI=1S/C21H22N2O6/c1-12-6-7-15-17(19(2)16(24)8-9-21(12,19)26)29-18(25)20(15)11-22(20)13-4-3-5-14(10-13)23(27)28/h3-5,8-10,12,15,17,26H,6-7,11H2,1-2H3/t12-,15+,17+,19-,20?,21+,22?/m0/s1. The molecule has 8 nitrogen and oxygen atoms in total. The van der Waals surface area contributed by atoms with E-state index in [2.05, 4.69) is 0 Å². The van der Waals surface area contributed by atoms with E-state index in [1.54, 1.807) is 25.1 Å². The molecule has 1 saturated carbocycles. The van der Waals surface area contributed by atoms with Gasteiger partial charge in [-0.25, -0.2) is 4.79 Å². The highest BCUT2D eigenvalue weighted by Crippen LogP contribution is 2.62. The molecule has 1 N–H and O–H groups in total. The molecule has 5 rings (SSSR count). The second-order valence-corrected chi connectivity index (χ2v) is 8.92. The van der Waals surface area contributed by atoms with Crippen molar-refractivity contribution in [1.82, 2.24) is 0 Å². The summed E-state index contributed by atoms with van der Waals surface area (Å²) in [6, 6.07) is 6.20. The Morgan fingerprint density at radius 1 is 1.31 bits per heavy atom. The van der Waals surface area contributed by atoms with Gasteiger partial charge in [-0.3, -0.25) is 14.9 Å². The molecule has 4 aliphatic rings. The van der Waals surface area contributed by atoms with Gasteiger partial charge in [-0.05, 0) is 43.9 Å². The minimum atomic E-state index is -1.36. The highest BCUT2D eigenvalue weighted by molar-refractivity contribution is 6.02. The highest BCUT2D eigenvalue weighted by Gasteiger charge is 2.77. The van der Waals surface area contributed by atoms with Gasteiger partial charge in [0.15, 0.2) is 11.3 Å². The number of fused-ring (bicyclic) bond motifs is 4. The van der Waals surface area contributed by atoms with E-state index in [1.807, 2.05) is 11.8 Å². The number of allylic oxidation sites excluding steroid dienone is 1. The van der Waals surface area contributed by atoms with Crippen LogP contribution in [-0.2, 0) is 14.3 Å². The number of aliphatic hydroxyl groups is 1. The summed E-state index contributed by atoms with van der Waals surface area (Å²) in [5.41, 5.74) is -2.98. The van der Waals surface area contributed by atoms with Gasteiger partial charge in [0.2, 0.25) is 0 Å². The van der Waals surface area contributed by atoms with Gasteiger partial charge in [0.05, 0.1) is 16.9 Å². The van der Waals surface area contributed by atoms with Gasteiger partial charge in [0.1, 0.15) is 11.7 Å². The number of nitro groups is 1. The third-order valence-corrected chi connectivity index (χ3v) is 7.76. The number of non-ortho nitro benzene ring substituents is 1. The first-order valence-corrected chi connectivity index (χ1v) is 9.85. The minimum Gasteiger partial charge on any atom is -0.459 e. The smallest absolute Gasteiger partial charge is 0.334 e. The normalized spacial score (nSPS) is 42.4. The molecule has 1 aromatic carbocycles. The molecule has 2 aliphatic heterocycles. The Kier molecular flexibility index (Phi) is 3.43. The topological polar surface area (TPSA) is 110 Å². The lowest BCUT2D eigenvalue weighted by molar-refractivity contribution is -0.384. The first kappa shape index (κ1) is 18.3. The molecular weight excluding hydrogens is 376 g/mol. The second kappa shape index (κ2) is 5.44. The number of anilines is 1. The third-order valence-electron chi connectivity index (χ3n) is 7.76. The van der Waals surface area contributed by atoms with E-state index in [4.69, 9.17) is 4.74 Å². The van der Waals surface area contributed by atoms with E-state index in [1.165, 1.54) is 18.2 Å². The fourth-order valence-corrected chi connectivity index (χ4v) is 5.85. The zero-order valence-corrected chi connectivity index (χ0v) is 16.2. The van der Waals surface area contributed by atoms with Crippen LogP contribution in [0.5, 0.6) is 0 Å². The number of benzene rings is 1. The summed E-state index contributed by atoms with van der Waals surface area (Å²) < 4.78 is 5.82. The van der Waals surface area contributed by atoms with Gasteiger partial charge < -0.3 is 14.7 Å². The van der Waals surface area contributed by atoms with Crippen molar-refractivity contribution < 1.29 is 24.4 Å². The number of ether oxygens (including phenoxy) is 1. The number of carbonyl (C=O) groups excluding carboxylic acids is 2. The molecule has 0 aromatic heterocycles. The Morgan fingerprint density at radius 2 is 2.07 bits per heavy atom. The Hall–Kier alpha value is -2.74. The number of rotatable bonds is 2. The average Bonchev–Trinajstić information content (AvgIpc) is 3.34. The molecule has 0 amide bonds. The average molecular weight is 398 g/mol. The fraction of sp³-hybridized carbons (Fsp3) is 0.524. The molecular formula is C21H22N2O6. The molecule has 2 saturated heterocycles. The molecule has 3 fully saturated rings. The van der Waals surface area contributed by atoms with Gasteiger partial charge in [-0.15, -0.1) is 0 Å². The van der Waals surface area contributed by atoms with Gasteiger partial charge in [-0.2, -0.15) is 0 Å². The zero-order chi connectivity index (χ0) is 20.8. The van der Waals surface area contributed by atoms with Crippen LogP contribution in [0.2, 0.25) is 0 Å². The van der Waals surface area contributed by atoms with Gasteiger partial charge in [0.25, 0.3) is 5.69 Å². The fourth-order valence-electron chi connectivity index (χ4n) is 5.85. The molecule has 29 heavy (non-hydrogen) atoms. The molecule has 1 aromatic rings. The monoisotopic (exact) mass is 398 g/mol. The molecule has 1 spiro atoms. The van der Waals surface area contributed by atoms with E-state index in [0.29, 0.717) is 25.1 Å². The van der Waals surface area contributed by atoms with Crippen molar-refractivity contribution in [2.45, 2.75) is 43.9 Å². The number of nitro benzene ring substituents is 1. The largest absolute Gasteiger partial charge is 0.459 e. The molecule has 2 aliphatic carbocycles. The van der Waals surface area contributed by atoms with Crippen LogP contribution in [-0.4, -0.2) is 45.6 Å². The van der Waals surface area contributed by atoms with Crippen LogP contribution in [0.25, 0.3) is 0 Å². The summed E-state index contributed by atoms with van der Waals surface area (Å²) >= 11 is 0. The van der Waals surface area contributed by atoms with Gasteiger partial charge in [0, 0.05) is 23.7 Å². The predicted octanol–water partition coefficient (Wildman–Crippen LogP) is 2.00. The van der Waals surface area contributed by atoms with Crippen LogP contribution in [0, 0.1) is 27.4 Å². The van der Waals surface area contributed by atoms with Gasteiger partial charge >= 0.3 is 5.97 Å². The highest BCUT2D eigenvalue weighted by atomic mass is 16.6. The van der Waals surface area contributed by atoms with Gasteiger partial charge in [-0.1, -0.05) is 13.0 Å². The lowest BCUT2D eigenvalue weighted by Crippen LogP contribution is -2.57. The van der Waals surface area contributed by atoms with E-state index in [-0.39, 0.29) is 23.3 Å². The van der Waals surface area contributed by atoms with Crippen molar-refractivity contribution in [2.24, 2.45) is 17.3 Å². The third kappa shape index (κ3) is 2.02. The summed E-state index contributed by atoms with van der Waals surface area (Å²) in [5, 5.41) is 22.6. The molecule has 152 valence electrons. The second-order valence-electron chi connectivity index (χ2n) is 8.92. The summed E-state index contributed by atoms with van der Waals surface area (Å²) in [4.78, 5) is 38.4. The Labute approximate surface area is 167 Å². The van der Waals surface area contributed by atoms with E-state index in [0.717, 1.165) is 0 Å². The van der Waals surface area contributed by atoms with Crippen molar-refractivity contribution in [3.63, 3.8) is 0 Å². The minimum absolute atomic E-state index is 0.0431. The maximum atomic E-state index is 13.1. The summed E-state index contributed by atoms with van der Waals surface area (Å²) in [6.45, 7) is 4.00. The van der Waals surface area contributed by atoms with E-state index in [9.17, 15) is 24.8 Å². The van der Waals surface area contributed by atoms with Crippen molar-refractivity contribution in [1.29, 1.82) is 0 Å². The summed E-state index contributed by atoms with van der Waals surface area (Å²) in [5.74, 6) is -1.09. The first-order chi connectivity index (χ1) is 13.7. The Balaban J connectivity index is 1.56. The Bertz CT molecular complexity index is 991. The lowest BCUT2D eigenvalue weighted by atomic mass is 9.64. The van der Waals surface area contributed by atoms with Crippen LogP contribution in [0.1, 0.15) is 26.7 Å². The van der Waals surface area contributed by atoms with Crippen molar-refractivity contribution in [3.05, 3.63) is 46.5 Å². The zero-order valence-electron chi connectivity index (χ0n) is 16.2. The SMILES string of the molecule is C[C@H]1CC[C@@H]2[C@@H](OC(=O)C23CN3c2cccc([N+](=O)[O-])c2)[C@]2(C)C(=O)C=C[C@@]12O. The molecule has 8 heteroatoms. The Morgan fingerprint density at radius 3 is 2.79 bits per heavy atom. The van der Waals surface area contributed by atoms with E-state index >= 15 is 0 Å². The maximum absolute atomic E-state index is 13.1. The first-order valence-electron chi connectivity index (χ1n) is 9.85. The molecule has 1 unspecified atom stereocenters. The number of ketones is 1. The number of nitrogens with zero attached hydrogens (tertiary/aromatic N) is 2. The van der Waals surface area contributed by atoms with Crippen LogP contribution in [0.15, 0.2) is 36.4 Å². The summed E-state index contributed by atoms with van der Waals surface area (Å²) in [7, 11) is 0. The number of hydrogen-bond donors (Lipinski definition) is 1. The lowest BCUT2D eigenvalue weighted by Gasteiger charge is -2.43. The van der Waals surface area contributed by atoms with Crippen LogP contribution >= 0.6 is 0 Å². The maximum Gasteiger partial charge on any atom is 0.334 e. The molecule has 0 radical (unpaired) electrons.